The minimum atomic E-state index is -0.165. The Morgan fingerprint density at radius 3 is 2.31 bits per heavy atom. The van der Waals surface area contributed by atoms with Gasteiger partial charge in [-0.1, -0.05) is 31.2 Å². The highest BCUT2D eigenvalue weighted by Crippen LogP contribution is 2.24. The van der Waals surface area contributed by atoms with Gasteiger partial charge in [0, 0.05) is 36.6 Å². The number of amides is 1. The number of Topliss-reactive ketones (excluding diaryl/α,β-unsaturated/α-hetero) is 1. The Morgan fingerprint density at radius 2 is 1.69 bits per heavy atom. The molecular weight excluding hydrogens is 330 g/mol. The molecule has 0 unspecified atom stereocenters. The molecule has 1 N–H and O–H groups in total. The second-order valence-corrected chi connectivity index (χ2v) is 5.93. The lowest BCUT2D eigenvalue weighted by Crippen LogP contribution is -2.23. The van der Waals surface area contributed by atoms with Crippen molar-refractivity contribution in [2.75, 3.05) is 14.2 Å². The van der Waals surface area contributed by atoms with E-state index in [9.17, 15) is 9.59 Å². The van der Waals surface area contributed by atoms with Crippen LogP contribution in [0.25, 0.3) is 0 Å². The molecule has 5 nitrogen and oxygen atoms in total. The Kier molecular flexibility index (Phi) is 7.21. The van der Waals surface area contributed by atoms with Crippen LogP contribution in [-0.4, -0.2) is 25.9 Å². The number of nitrogens with one attached hydrogen (secondary N) is 1. The molecule has 0 aromatic heterocycles. The van der Waals surface area contributed by atoms with Crippen molar-refractivity contribution in [3.63, 3.8) is 0 Å². The fraction of sp³-hybridized carbons (Fsp3) is 0.333. The summed E-state index contributed by atoms with van der Waals surface area (Å²) in [6.45, 7) is 2.41. The molecule has 2 aromatic rings. The normalized spacial score (nSPS) is 10.3. The zero-order valence-corrected chi connectivity index (χ0v) is 15.5. The van der Waals surface area contributed by atoms with Gasteiger partial charge in [-0.05, 0) is 24.1 Å². The van der Waals surface area contributed by atoms with E-state index in [1.165, 1.54) is 5.56 Å². The van der Waals surface area contributed by atoms with Crippen LogP contribution in [0.4, 0.5) is 0 Å². The third-order valence-electron chi connectivity index (χ3n) is 4.23. The number of ether oxygens (including phenoxy) is 2. The Morgan fingerprint density at radius 1 is 0.962 bits per heavy atom. The van der Waals surface area contributed by atoms with Crippen molar-refractivity contribution in [2.24, 2.45) is 0 Å². The van der Waals surface area contributed by atoms with Crippen molar-refractivity contribution in [2.45, 2.75) is 32.7 Å². The average Bonchev–Trinajstić information content (AvgIpc) is 2.70. The molecule has 138 valence electrons. The molecular formula is C21H25NO4. The molecule has 0 spiro atoms. The highest BCUT2D eigenvalue weighted by atomic mass is 16.5. The van der Waals surface area contributed by atoms with E-state index in [2.05, 4.69) is 12.2 Å². The van der Waals surface area contributed by atoms with Crippen molar-refractivity contribution in [3.05, 3.63) is 59.2 Å². The number of ketones is 1. The fourth-order valence-corrected chi connectivity index (χ4v) is 2.58. The summed E-state index contributed by atoms with van der Waals surface area (Å²) in [7, 11) is 3.16. The summed E-state index contributed by atoms with van der Waals surface area (Å²) in [4.78, 5) is 24.2. The molecule has 0 radical (unpaired) electrons. The summed E-state index contributed by atoms with van der Waals surface area (Å²) in [6, 6.07) is 13.0. The van der Waals surface area contributed by atoms with Gasteiger partial charge in [-0.3, -0.25) is 9.59 Å². The van der Waals surface area contributed by atoms with Crippen LogP contribution in [0.3, 0.4) is 0 Å². The van der Waals surface area contributed by atoms with Crippen LogP contribution < -0.4 is 14.8 Å². The van der Waals surface area contributed by atoms with E-state index < -0.39 is 0 Å². The van der Waals surface area contributed by atoms with Gasteiger partial charge in [-0.25, -0.2) is 0 Å². The van der Waals surface area contributed by atoms with E-state index in [0.29, 0.717) is 23.6 Å². The van der Waals surface area contributed by atoms with Crippen molar-refractivity contribution < 1.29 is 19.1 Å². The van der Waals surface area contributed by atoms with Gasteiger partial charge >= 0.3 is 0 Å². The first-order valence-corrected chi connectivity index (χ1v) is 8.67. The molecule has 2 aromatic carbocycles. The smallest absolute Gasteiger partial charge is 0.220 e. The lowest BCUT2D eigenvalue weighted by Gasteiger charge is -2.11. The molecule has 0 bridgehead atoms. The molecule has 0 fully saturated rings. The molecule has 1 amide bonds. The number of hydrogen-bond acceptors (Lipinski definition) is 4. The number of methoxy groups -OCH3 is 2. The van der Waals surface area contributed by atoms with Crippen LogP contribution in [0.1, 0.15) is 41.3 Å². The summed E-state index contributed by atoms with van der Waals surface area (Å²) < 4.78 is 10.5. The quantitative estimate of drug-likeness (QED) is 0.699. The van der Waals surface area contributed by atoms with Gasteiger partial charge in [0.1, 0.15) is 11.5 Å². The zero-order valence-electron chi connectivity index (χ0n) is 15.5. The number of carbonyl (C=O) groups is 2. The zero-order chi connectivity index (χ0) is 18.9. The first kappa shape index (κ1) is 19.5. The molecule has 26 heavy (non-hydrogen) atoms. The summed E-state index contributed by atoms with van der Waals surface area (Å²) in [5.74, 6) is 1.15. The van der Waals surface area contributed by atoms with Crippen molar-refractivity contribution in [1.82, 2.24) is 5.32 Å². The molecule has 0 atom stereocenters. The van der Waals surface area contributed by atoms with Gasteiger partial charge in [0.05, 0.1) is 14.2 Å². The Hall–Kier alpha value is -2.82. The first-order valence-electron chi connectivity index (χ1n) is 8.67. The minimum absolute atomic E-state index is 0.0233. The average molecular weight is 355 g/mol. The number of benzene rings is 2. The monoisotopic (exact) mass is 355 g/mol. The van der Waals surface area contributed by atoms with Gasteiger partial charge in [-0.2, -0.15) is 0 Å². The first-order chi connectivity index (χ1) is 12.6. The maximum atomic E-state index is 12.2. The van der Waals surface area contributed by atoms with Gasteiger partial charge in [-0.15, -0.1) is 0 Å². The maximum Gasteiger partial charge on any atom is 0.220 e. The standard InChI is InChI=1S/C21H25NO4/c1-4-15-5-7-16(8-6-15)19(23)11-12-21(24)22-14-17-9-10-18(25-2)13-20(17)26-3/h5-10,13H,4,11-12,14H2,1-3H3,(H,22,24). The molecule has 0 aliphatic rings. The Bertz CT molecular complexity index is 753. The second-order valence-electron chi connectivity index (χ2n) is 5.93. The number of aryl methyl sites for hydroxylation is 1. The molecule has 0 heterocycles. The van der Waals surface area contributed by atoms with Crippen LogP contribution in [0.2, 0.25) is 0 Å². The summed E-state index contributed by atoms with van der Waals surface area (Å²) in [5, 5.41) is 2.82. The third kappa shape index (κ3) is 5.34. The summed E-state index contributed by atoms with van der Waals surface area (Å²) >= 11 is 0. The Labute approximate surface area is 154 Å². The SMILES string of the molecule is CCc1ccc(C(=O)CCC(=O)NCc2ccc(OC)cc2OC)cc1. The van der Waals surface area contributed by atoms with Crippen LogP contribution in [0.15, 0.2) is 42.5 Å². The van der Waals surface area contributed by atoms with Crippen molar-refractivity contribution in [3.8, 4) is 11.5 Å². The van der Waals surface area contributed by atoms with Gasteiger partial charge in [0.2, 0.25) is 5.91 Å². The van der Waals surface area contributed by atoms with E-state index >= 15 is 0 Å². The van der Waals surface area contributed by atoms with Gasteiger partial charge in [0.25, 0.3) is 0 Å². The lowest BCUT2D eigenvalue weighted by molar-refractivity contribution is -0.121. The molecule has 5 heteroatoms. The summed E-state index contributed by atoms with van der Waals surface area (Å²) in [6.07, 6.45) is 1.29. The predicted molar refractivity (Wildman–Crippen MR) is 101 cm³/mol. The van der Waals surface area contributed by atoms with Gasteiger partial charge in [0.15, 0.2) is 5.78 Å². The van der Waals surface area contributed by atoms with E-state index in [1.807, 2.05) is 36.4 Å². The maximum absolute atomic E-state index is 12.2. The lowest BCUT2D eigenvalue weighted by atomic mass is 10.0. The van der Waals surface area contributed by atoms with E-state index in [1.54, 1.807) is 20.3 Å². The number of rotatable bonds is 9. The van der Waals surface area contributed by atoms with E-state index in [-0.39, 0.29) is 24.5 Å². The van der Waals surface area contributed by atoms with Crippen molar-refractivity contribution >= 4 is 11.7 Å². The van der Waals surface area contributed by atoms with Crippen LogP contribution >= 0.6 is 0 Å². The molecule has 0 saturated carbocycles. The Balaban J connectivity index is 1.84. The van der Waals surface area contributed by atoms with Crippen molar-refractivity contribution in [1.29, 1.82) is 0 Å². The molecule has 0 aliphatic carbocycles. The van der Waals surface area contributed by atoms with E-state index in [0.717, 1.165) is 12.0 Å². The summed E-state index contributed by atoms with van der Waals surface area (Å²) in [5.41, 5.74) is 2.68. The number of hydrogen-bond donors (Lipinski definition) is 1. The van der Waals surface area contributed by atoms with Crippen LogP contribution in [0.5, 0.6) is 11.5 Å². The van der Waals surface area contributed by atoms with Crippen LogP contribution in [-0.2, 0) is 17.8 Å². The number of carbonyl (C=O) groups excluding carboxylic acids is 2. The second kappa shape index (κ2) is 9.61. The van der Waals surface area contributed by atoms with Gasteiger partial charge < -0.3 is 14.8 Å². The molecule has 0 aliphatic heterocycles. The largest absolute Gasteiger partial charge is 0.497 e. The molecule has 2 rings (SSSR count). The van der Waals surface area contributed by atoms with Crippen LogP contribution in [0, 0.1) is 0 Å². The van der Waals surface area contributed by atoms with E-state index in [4.69, 9.17) is 9.47 Å². The predicted octanol–water partition coefficient (Wildman–Crippen LogP) is 3.55. The highest BCUT2D eigenvalue weighted by Gasteiger charge is 2.11. The molecule has 0 saturated heterocycles. The third-order valence-corrected chi connectivity index (χ3v) is 4.23. The topological polar surface area (TPSA) is 64.6 Å². The fourth-order valence-electron chi connectivity index (χ4n) is 2.58. The minimum Gasteiger partial charge on any atom is -0.497 e. The highest BCUT2D eigenvalue weighted by molar-refractivity contribution is 5.97.